The van der Waals surface area contributed by atoms with Gasteiger partial charge in [0.25, 0.3) is 0 Å². The molecule has 98 valence electrons. The van der Waals surface area contributed by atoms with E-state index < -0.39 is 5.97 Å². The van der Waals surface area contributed by atoms with Gasteiger partial charge in [0.1, 0.15) is 0 Å². The number of carbonyl (C=O) groups is 2. The Morgan fingerprint density at radius 1 is 1.44 bits per heavy atom. The number of thioether (sulfide) groups is 1. The molecule has 0 spiro atoms. The Bertz CT molecular complexity index is 392. The molecule has 0 aromatic heterocycles. The van der Waals surface area contributed by atoms with Crippen LogP contribution in [0.15, 0.2) is 29.2 Å². The highest BCUT2D eigenvalue weighted by molar-refractivity contribution is 7.98. The van der Waals surface area contributed by atoms with Gasteiger partial charge in [-0.05, 0) is 36.8 Å². The van der Waals surface area contributed by atoms with Crippen molar-refractivity contribution in [1.29, 1.82) is 0 Å². The van der Waals surface area contributed by atoms with Gasteiger partial charge in [0.2, 0.25) is 6.41 Å². The summed E-state index contributed by atoms with van der Waals surface area (Å²) in [5, 5.41) is 11.3. The van der Waals surface area contributed by atoms with Crippen molar-refractivity contribution in [2.75, 3.05) is 6.26 Å². The van der Waals surface area contributed by atoms with Gasteiger partial charge in [0.05, 0.1) is 0 Å². The van der Waals surface area contributed by atoms with E-state index in [4.69, 9.17) is 5.11 Å². The molecule has 5 heteroatoms. The van der Waals surface area contributed by atoms with E-state index in [9.17, 15) is 9.59 Å². The lowest BCUT2D eigenvalue weighted by atomic mass is 10.0. The molecule has 0 radical (unpaired) electrons. The van der Waals surface area contributed by atoms with E-state index in [2.05, 4.69) is 5.32 Å². The lowest BCUT2D eigenvalue weighted by Crippen LogP contribution is -2.30. The maximum atomic E-state index is 10.5. The summed E-state index contributed by atoms with van der Waals surface area (Å²) in [7, 11) is 0. The first-order valence-electron chi connectivity index (χ1n) is 5.70. The molecule has 0 aliphatic heterocycles. The number of benzene rings is 1. The number of hydrogen-bond acceptors (Lipinski definition) is 3. The number of nitrogens with one attached hydrogen (secondary N) is 1. The molecule has 18 heavy (non-hydrogen) atoms. The summed E-state index contributed by atoms with van der Waals surface area (Å²) in [6.07, 6.45) is 3.80. The maximum Gasteiger partial charge on any atom is 0.303 e. The van der Waals surface area contributed by atoms with Gasteiger partial charge in [-0.3, -0.25) is 9.59 Å². The van der Waals surface area contributed by atoms with Crippen molar-refractivity contribution in [2.24, 2.45) is 0 Å². The third-order valence-electron chi connectivity index (χ3n) is 2.65. The molecule has 0 saturated carbocycles. The fourth-order valence-electron chi connectivity index (χ4n) is 1.68. The van der Waals surface area contributed by atoms with Crippen molar-refractivity contribution < 1.29 is 14.7 Å². The van der Waals surface area contributed by atoms with E-state index in [0.717, 1.165) is 5.56 Å². The SMILES string of the molecule is CSc1ccc(CC(CCC(=O)O)NC=O)cc1. The number of carbonyl (C=O) groups excluding carboxylic acids is 1. The van der Waals surface area contributed by atoms with Crippen LogP contribution >= 0.6 is 11.8 Å². The van der Waals surface area contributed by atoms with Gasteiger partial charge in [0, 0.05) is 17.4 Å². The van der Waals surface area contributed by atoms with E-state index in [1.807, 2.05) is 30.5 Å². The van der Waals surface area contributed by atoms with Crippen LogP contribution in [-0.2, 0) is 16.0 Å². The molecule has 0 bridgehead atoms. The van der Waals surface area contributed by atoms with Gasteiger partial charge in [-0.1, -0.05) is 12.1 Å². The molecule has 0 saturated heterocycles. The van der Waals surface area contributed by atoms with E-state index in [0.29, 0.717) is 19.3 Å². The zero-order chi connectivity index (χ0) is 13.4. The Kier molecular flexibility index (Phi) is 6.28. The molecule has 1 aromatic carbocycles. The Hall–Kier alpha value is -1.49. The lowest BCUT2D eigenvalue weighted by molar-refractivity contribution is -0.137. The van der Waals surface area contributed by atoms with E-state index in [1.54, 1.807) is 11.8 Å². The maximum absolute atomic E-state index is 10.5. The highest BCUT2D eigenvalue weighted by Crippen LogP contribution is 2.16. The van der Waals surface area contributed by atoms with Crippen LogP contribution in [-0.4, -0.2) is 29.8 Å². The number of carboxylic acids is 1. The Balaban J connectivity index is 2.57. The third kappa shape index (κ3) is 5.23. The van der Waals surface area contributed by atoms with Crippen LogP contribution < -0.4 is 5.32 Å². The van der Waals surface area contributed by atoms with E-state index in [-0.39, 0.29) is 12.5 Å². The second-order valence-corrected chi connectivity index (χ2v) is 4.85. The summed E-state index contributed by atoms with van der Waals surface area (Å²) in [6, 6.07) is 7.93. The monoisotopic (exact) mass is 267 g/mol. The number of hydrogen-bond donors (Lipinski definition) is 2. The van der Waals surface area contributed by atoms with E-state index in [1.165, 1.54) is 4.90 Å². The molecule has 0 aliphatic rings. The Morgan fingerprint density at radius 2 is 2.11 bits per heavy atom. The molecular formula is C13H17NO3S. The molecule has 2 N–H and O–H groups in total. The highest BCUT2D eigenvalue weighted by Gasteiger charge is 2.10. The zero-order valence-corrected chi connectivity index (χ0v) is 11.1. The normalized spacial score (nSPS) is 11.8. The molecule has 1 rings (SSSR count). The Morgan fingerprint density at radius 3 is 2.61 bits per heavy atom. The largest absolute Gasteiger partial charge is 0.481 e. The van der Waals surface area contributed by atoms with Gasteiger partial charge in [-0.15, -0.1) is 11.8 Å². The predicted molar refractivity (Wildman–Crippen MR) is 71.8 cm³/mol. The number of amides is 1. The van der Waals surface area contributed by atoms with Crippen LogP contribution in [0.2, 0.25) is 0 Å². The molecule has 0 aliphatic carbocycles. The average Bonchev–Trinajstić information content (AvgIpc) is 2.37. The molecular weight excluding hydrogens is 250 g/mol. The Labute approximate surface area is 111 Å². The van der Waals surface area contributed by atoms with Crippen LogP contribution in [0.4, 0.5) is 0 Å². The molecule has 1 amide bonds. The smallest absolute Gasteiger partial charge is 0.303 e. The zero-order valence-electron chi connectivity index (χ0n) is 10.3. The summed E-state index contributed by atoms with van der Waals surface area (Å²) in [6.45, 7) is 0. The molecule has 1 unspecified atom stereocenters. The lowest BCUT2D eigenvalue weighted by Gasteiger charge is -2.15. The summed E-state index contributed by atoms with van der Waals surface area (Å²) in [5.74, 6) is -0.842. The highest BCUT2D eigenvalue weighted by atomic mass is 32.2. The quantitative estimate of drug-likeness (QED) is 0.558. The van der Waals surface area contributed by atoms with Gasteiger partial charge in [-0.25, -0.2) is 0 Å². The van der Waals surface area contributed by atoms with Gasteiger partial charge in [0.15, 0.2) is 0 Å². The first-order chi connectivity index (χ1) is 8.65. The van der Waals surface area contributed by atoms with Gasteiger partial charge < -0.3 is 10.4 Å². The van der Waals surface area contributed by atoms with Crippen LogP contribution in [0.3, 0.4) is 0 Å². The summed E-state index contributed by atoms with van der Waals surface area (Å²) >= 11 is 1.67. The average molecular weight is 267 g/mol. The van der Waals surface area contributed by atoms with Gasteiger partial charge >= 0.3 is 5.97 Å². The van der Waals surface area contributed by atoms with Crippen molar-refractivity contribution in [3.05, 3.63) is 29.8 Å². The molecule has 4 nitrogen and oxygen atoms in total. The van der Waals surface area contributed by atoms with Crippen molar-refractivity contribution in [3.8, 4) is 0 Å². The summed E-state index contributed by atoms with van der Waals surface area (Å²) in [5.41, 5.74) is 1.09. The molecule has 0 fully saturated rings. The van der Waals surface area contributed by atoms with Crippen molar-refractivity contribution >= 4 is 24.1 Å². The second kappa shape index (κ2) is 7.76. The molecule has 1 atom stereocenters. The fourth-order valence-corrected chi connectivity index (χ4v) is 2.09. The fraction of sp³-hybridized carbons (Fsp3) is 0.385. The number of aliphatic carboxylic acids is 1. The van der Waals surface area contributed by atoms with Crippen LogP contribution in [0.5, 0.6) is 0 Å². The van der Waals surface area contributed by atoms with Crippen LogP contribution in [0.25, 0.3) is 0 Å². The molecule has 0 heterocycles. The minimum Gasteiger partial charge on any atom is -0.481 e. The molecule has 1 aromatic rings. The minimum absolute atomic E-state index is 0.0639. The summed E-state index contributed by atoms with van der Waals surface area (Å²) in [4.78, 5) is 22.2. The van der Waals surface area contributed by atoms with Crippen molar-refractivity contribution in [3.63, 3.8) is 0 Å². The summed E-state index contributed by atoms with van der Waals surface area (Å²) < 4.78 is 0. The number of carboxylic acid groups (broad SMARTS) is 1. The third-order valence-corrected chi connectivity index (χ3v) is 3.40. The van der Waals surface area contributed by atoms with Gasteiger partial charge in [-0.2, -0.15) is 0 Å². The van der Waals surface area contributed by atoms with Crippen LogP contribution in [0, 0.1) is 0 Å². The first kappa shape index (κ1) is 14.6. The number of rotatable bonds is 8. The van der Waals surface area contributed by atoms with Crippen molar-refractivity contribution in [1.82, 2.24) is 5.32 Å². The van der Waals surface area contributed by atoms with Crippen LogP contribution in [0.1, 0.15) is 18.4 Å². The van der Waals surface area contributed by atoms with Crippen molar-refractivity contribution in [2.45, 2.75) is 30.2 Å². The first-order valence-corrected chi connectivity index (χ1v) is 6.92. The van der Waals surface area contributed by atoms with E-state index >= 15 is 0 Å². The second-order valence-electron chi connectivity index (χ2n) is 3.97. The standard InChI is InChI=1S/C13H17NO3S/c1-18-12-5-2-10(3-6-12)8-11(14-9-15)4-7-13(16)17/h2-3,5-6,9,11H,4,7-8H2,1H3,(H,14,15)(H,16,17). The minimum atomic E-state index is -0.842. The topological polar surface area (TPSA) is 66.4 Å². The predicted octanol–water partition coefficient (Wildman–Crippen LogP) is 1.93.